The van der Waals surface area contributed by atoms with Crippen LogP contribution in [-0.2, 0) is 14.8 Å². The van der Waals surface area contributed by atoms with Gasteiger partial charge in [0.15, 0.2) is 0 Å². The summed E-state index contributed by atoms with van der Waals surface area (Å²) in [5.74, 6) is -3.93. The van der Waals surface area contributed by atoms with Crippen molar-refractivity contribution < 1.29 is 27.1 Å². The topological polar surface area (TPSA) is 74.7 Å². The lowest BCUT2D eigenvalue weighted by molar-refractivity contribution is -0.142. The monoisotopic (exact) mass is 305 g/mol. The zero-order valence-electron chi connectivity index (χ0n) is 10.4. The van der Waals surface area contributed by atoms with Gasteiger partial charge in [-0.25, -0.2) is 17.2 Å². The van der Waals surface area contributed by atoms with Crippen molar-refractivity contribution in [3.05, 3.63) is 29.8 Å². The molecule has 1 atom stereocenters. The first-order valence-corrected chi connectivity index (χ1v) is 7.44. The molecule has 1 saturated heterocycles. The summed E-state index contributed by atoms with van der Waals surface area (Å²) >= 11 is 0. The third kappa shape index (κ3) is 2.80. The smallest absolute Gasteiger partial charge is 0.307 e. The molecule has 0 aliphatic carbocycles. The molecule has 0 bridgehead atoms. The van der Waals surface area contributed by atoms with E-state index in [4.69, 9.17) is 5.11 Å². The highest BCUT2D eigenvalue weighted by molar-refractivity contribution is 7.89. The fraction of sp³-hybridized carbons (Fsp3) is 0.417. The Balaban J connectivity index is 2.32. The molecule has 5 nitrogen and oxygen atoms in total. The number of benzene rings is 1. The summed E-state index contributed by atoms with van der Waals surface area (Å²) in [7, 11) is -4.15. The molecule has 2 rings (SSSR count). The quantitative estimate of drug-likeness (QED) is 0.917. The highest BCUT2D eigenvalue weighted by Crippen LogP contribution is 2.25. The number of piperidine rings is 1. The van der Waals surface area contributed by atoms with Crippen molar-refractivity contribution in [2.45, 2.75) is 17.7 Å². The summed E-state index contributed by atoms with van der Waals surface area (Å²) in [4.78, 5) is 10.3. The third-order valence-corrected chi connectivity index (χ3v) is 5.14. The Bertz CT molecular complexity index is 632. The number of aliphatic carboxylic acids is 1. The molecule has 1 aliphatic rings. The number of carbonyl (C=O) groups is 1. The summed E-state index contributed by atoms with van der Waals surface area (Å²) in [6.07, 6.45) is 0.770. The van der Waals surface area contributed by atoms with E-state index in [2.05, 4.69) is 0 Å². The van der Waals surface area contributed by atoms with Crippen LogP contribution in [0.15, 0.2) is 23.1 Å². The second-order valence-corrected chi connectivity index (χ2v) is 6.52. The van der Waals surface area contributed by atoms with Crippen molar-refractivity contribution in [1.82, 2.24) is 4.31 Å². The van der Waals surface area contributed by atoms with Gasteiger partial charge in [-0.3, -0.25) is 4.79 Å². The van der Waals surface area contributed by atoms with E-state index in [9.17, 15) is 22.0 Å². The zero-order valence-corrected chi connectivity index (χ0v) is 11.2. The van der Waals surface area contributed by atoms with Crippen molar-refractivity contribution in [2.24, 2.45) is 5.92 Å². The van der Waals surface area contributed by atoms with Crippen molar-refractivity contribution in [1.29, 1.82) is 0 Å². The van der Waals surface area contributed by atoms with E-state index in [0.717, 1.165) is 16.4 Å². The Hall–Kier alpha value is -1.54. The van der Waals surface area contributed by atoms with Crippen LogP contribution in [-0.4, -0.2) is 36.9 Å². The number of carboxylic acids is 1. The number of sulfonamides is 1. The van der Waals surface area contributed by atoms with Gasteiger partial charge in [0.05, 0.1) is 5.92 Å². The summed E-state index contributed by atoms with van der Waals surface area (Å²) in [5, 5.41) is 8.94. The summed E-state index contributed by atoms with van der Waals surface area (Å²) in [6.45, 7) is -0.0720. The van der Waals surface area contributed by atoms with Crippen molar-refractivity contribution >= 4 is 16.0 Å². The molecule has 1 fully saturated rings. The van der Waals surface area contributed by atoms with Crippen LogP contribution in [0.2, 0.25) is 0 Å². The number of rotatable bonds is 3. The van der Waals surface area contributed by atoms with Gasteiger partial charge in [0.25, 0.3) is 0 Å². The Morgan fingerprint density at radius 2 is 2.05 bits per heavy atom. The van der Waals surface area contributed by atoms with Gasteiger partial charge in [0.1, 0.15) is 16.5 Å². The third-order valence-electron chi connectivity index (χ3n) is 3.25. The molecular weight excluding hydrogens is 292 g/mol. The highest BCUT2D eigenvalue weighted by Gasteiger charge is 2.34. The highest BCUT2D eigenvalue weighted by atomic mass is 32.2. The predicted molar refractivity (Wildman–Crippen MR) is 65.5 cm³/mol. The molecule has 1 aliphatic heterocycles. The van der Waals surface area contributed by atoms with Crippen molar-refractivity contribution in [2.75, 3.05) is 13.1 Å². The molecular formula is C12H13F2NO4S. The van der Waals surface area contributed by atoms with Crippen LogP contribution in [0.5, 0.6) is 0 Å². The van der Waals surface area contributed by atoms with Crippen LogP contribution >= 0.6 is 0 Å². The fourth-order valence-electron chi connectivity index (χ4n) is 2.19. The number of halogens is 2. The van der Waals surface area contributed by atoms with Gasteiger partial charge in [0, 0.05) is 19.2 Å². The van der Waals surface area contributed by atoms with Crippen LogP contribution < -0.4 is 0 Å². The Morgan fingerprint density at radius 1 is 1.35 bits per heavy atom. The van der Waals surface area contributed by atoms with Crippen LogP contribution in [0.3, 0.4) is 0 Å². The molecule has 0 radical (unpaired) electrons. The number of nitrogens with zero attached hydrogens (tertiary/aromatic N) is 1. The van der Waals surface area contributed by atoms with E-state index in [1.807, 2.05) is 0 Å². The molecule has 0 amide bonds. The minimum Gasteiger partial charge on any atom is -0.481 e. The van der Waals surface area contributed by atoms with Gasteiger partial charge in [0.2, 0.25) is 10.0 Å². The first-order chi connectivity index (χ1) is 9.32. The fourth-order valence-corrected chi connectivity index (χ4v) is 3.75. The molecule has 1 aromatic carbocycles. The van der Waals surface area contributed by atoms with Gasteiger partial charge in [-0.1, -0.05) is 0 Å². The summed E-state index contributed by atoms with van der Waals surface area (Å²) in [5.41, 5.74) is 0. The first kappa shape index (κ1) is 14.9. The average molecular weight is 305 g/mol. The Kier molecular flexibility index (Phi) is 4.05. The van der Waals surface area contributed by atoms with Crippen LogP contribution in [0.1, 0.15) is 12.8 Å². The SMILES string of the molecule is O=C(O)[C@H]1CCCN(S(=O)(=O)c2ccc(F)cc2F)C1. The van der Waals surface area contributed by atoms with Gasteiger partial charge in [-0.2, -0.15) is 4.31 Å². The second kappa shape index (κ2) is 5.45. The molecule has 0 aromatic heterocycles. The van der Waals surface area contributed by atoms with Crippen molar-refractivity contribution in [3.63, 3.8) is 0 Å². The number of hydrogen-bond donors (Lipinski definition) is 1. The van der Waals surface area contributed by atoms with Gasteiger partial charge in [-0.15, -0.1) is 0 Å². The molecule has 20 heavy (non-hydrogen) atoms. The lowest BCUT2D eigenvalue weighted by Gasteiger charge is -2.29. The number of carboxylic acid groups (broad SMARTS) is 1. The van der Waals surface area contributed by atoms with Crippen LogP contribution in [0.4, 0.5) is 8.78 Å². The van der Waals surface area contributed by atoms with E-state index < -0.39 is 38.4 Å². The molecule has 1 heterocycles. The maximum Gasteiger partial charge on any atom is 0.307 e. The largest absolute Gasteiger partial charge is 0.481 e. The predicted octanol–water partition coefficient (Wildman–Crippen LogP) is 1.45. The first-order valence-electron chi connectivity index (χ1n) is 6.00. The minimum absolute atomic E-state index is 0.128. The van der Waals surface area contributed by atoms with Gasteiger partial charge < -0.3 is 5.11 Å². The van der Waals surface area contributed by atoms with E-state index in [1.165, 1.54) is 0 Å². The molecule has 0 spiro atoms. The summed E-state index contributed by atoms with van der Waals surface area (Å²) < 4.78 is 51.9. The molecule has 0 saturated carbocycles. The van der Waals surface area contributed by atoms with Crippen LogP contribution in [0, 0.1) is 17.6 Å². The van der Waals surface area contributed by atoms with E-state index >= 15 is 0 Å². The standard InChI is InChI=1S/C12H13F2NO4S/c13-9-3-4-11(10(14)6-9)20(18,19)15-5-1-2-8(7-15)12(16)17/h3-4,6,8H,1-2,5,7H2,(H,16,17)/t8-/m0/s1. The maximum atomic E-state index is 13.6. The van der Waals surface area contributed by atoms with Crippen molar-refractivity contribution in [3.8, 4) is 0 Å². The molecule has 1 aromatic rings. The minimum atomic E-state index is -4.15. The van der Waals surface area contributed by atoms with Gasteiger partial charge >= 0.3 is 5.97 Å². The Morgan fingerprint density at radius 3 is 2.65 bits per heavy atom. The molecule has 8 heteroatoms. The lowest BCUT2D eigenvalue weighted by atomic mass is 10.0. The lowest BCUT2D eigenvalue weighted by Crippen LogP contribution is -2.42. The van der Waals surface area contributed by atoms with Crippen LogP contribution in [0.25, 0.3) is 0 Å². The molecule has 1 N–H and O–H groups in total. The molecule has 110 valence electrons. The van der Waals surface area contributed by atoms with E-state index in [-0.39, 0.29) is 13.1 Å². The average Bonchev–Trinajstić information content (AvgIpc) is 2.38. The normalized spacial score (nSPS) is 20.8. The van der Waals surface area contributed by atoms with Gasteiger partial charge in [-0.05, 0) is 25.0 Å². The maximum absolute atomic E-state index is 13.6. The zero-order chi connectivity index (χ0) is 14.9. The second-order valence-electron chi connectivity index (χ2n) is 4.62. The molecule has 0 unspecified atom stereocenters. The van der Waals surface area contributed by atoms with E-state index in [1.54, 1.807) is 0 Å². The summed E-state index contributed by atoms with van der Waals surface area (Å²) in [6, 6.07) is 2.20. The number of hydrogen-bond acceptors (Lipinski definition) is 3. The van der Waals surface area contributed by atoms with E-state index in [0.29, 0.717) is 18.9 Å². The Labute approximate surface area is 114 Å².